The molecule has 0 aromatic heterocycles. The normalized spacial score (nSPS) is 15.9. The molecule has 0 aliphatic heterocycles. The van der Waals surface area contributed by atoms with Gasteiger partial charge in [-0.05, 0) is 12.8 Å². The van der Waals surface area contributed by atoms with Crippen LogP contribution in [-0.4, -0.2) is 59.1 Å². The fourth-order valence-electron chi connectivity index (χ4n) is 1.64. The van der Waals surface area contributed by atoms with Gasteiger partial charge in [-0.1, -0.05) is 0 Å². The van der Waals surface area contributed by atoms with Gasteiger partial charge < -0.3 is 29.2 Å². The van der Waals surface area contributed by atoms with E-state index in [0.29, 0.717) is 18.9 Å². The molecule has 6 nitrogen and oxygen atoms in total. The summed E-state index contributed by atoms with van der Waals surface area (Å²) in [5, 5.41) is 18.9. The quantitative estimate of drug-likeness (QED) is 0.471. The molecular weight excluding hydrogens is 242 g/mol. The smallest absolute Gasteiger partial charge is 0.393 e. The van der Waals surface area contributed by atoms with Gasteiger partial charge in [0.1, 0.15) is 0 Å². The van der Waals surface area contributed by atoms with Gasteiger partial charge in [0.25, 0.3) is 0 Å². The molecule has 0 bridgehead atoms. The van der Waals surface area contributed by atoms with E-state index in [1.165, 1.54) is 0 Å². The van der Waals surface area contributed by atoms with Crippen LogP contribution in [0.4, 0.5) is 0 Å². The molecule has 0 rings (SSSR count). The third kappa shape index (κ3) is 6.46. The Kier molecular flexibility index (Phi) is 8.97. The number of aliphatic hydroxyl groups excluding tert-OH is 2. The topological polar surface area (TPSA) is 94.2 Å². The molecule has 0 aromatic rings. The van der Waals surface area contributed by atoms with E-state index in [0.717, 1.165) is 6.42 Å². The summed E-state index contributed by atoms with van der Waals surface area (Å²) in [6.07, 6.45) is 0.408. The summed E-state index contributed by atoms with van der Waals surface area (Å²) in [7, 11) is 2.16. The van der Waals surface area contributed by atoms with Crippen molar-refractivity contribution in [1.82, 2.24) is 0 Å². The molecule has 0 radical (unpaired) electrons. The van der Waals surface area contributed by atoms with E-state index < -0.39 is 21.0 Å². The second-order valence-corrected chi connectivity index (χ2v) is 7.06. The molecule has 0 heterocycles. The maximum absolute atomic E-state index is 9.64. The Hall–Kier alpha value is -0.0231. The van der Waals surface area contributed by atoms with Crippen molar-refractivity contribution in [3.63, 3.8) is 0 Å². The lowest BCUT2D eigenvalue weighted by Crippen LogP contribution is -2.42. The van der Waals surface area contributed by atoms with Gasteiger partial charge in [0.05, 0.1) is 12.2 Å². The summed E-state index contributed by atoms with van der Waals surface area (Å²) < 4.78 is 15.8. The average Bonchev–Trinajstić information content (AvgIpc) is 2.35. The van der Waals surface area contributed by atoms with Crippen molar-refractivity contribution in [3.05, 3.63) is 0 Å². The number of hydrogen-bond acceptors (Lipinski definition) is 6. The fourth-order valence-corrected chi connectivity index (χ4v) is 3.39. The van der Waals surface area contributed by atoms with Crippen molar-refractivity contribution in [1.29, 1.82) is 0 Å². The van der Waals surface area contributed by atoms with Crippen molar-refractivity contribution in [2.75, 3.05) is 27.9 Å². The van der Waals surface area contributed by atoms with Gasteiger partial charge >= 0.3 is 8.80 Å². The van der Waals surface area contributed by atoms with Gasteiger partial charge in [0.15, 0.2) is 0 Å². The van der Waals surface area contributed by atoms with Crippen LogP contribution in [0.25, 0.3) is 0 Å². The van der Waals surface area contributed by atoms with E-state index in [4.69, 9.17) is 19.0 Å². The first-order valence-electron chi connectivity index (χ1n) is 5.75. The summed E-state index contributed by atoms with van der Waals surface area (Å²) >= 11 is 0. The molecule has 2 unspecified atom stereocenters. The molecule has 0 saturated carbocycles. The predicted octanol–water partition coefficient (Wildman–Crippen LogP) is -0.285. The van der Waals surface area contributed by atoms with Gasteiger partial charge in [-0.25, -0.2) is 0 Å². The number of hydrogen-bond donors (Lipinski definition) is 3. The summed E-state index contributed by atoms with van der Waals surface area (Å²) in [5.41, 5.74) is 5.27. The van der Waals surface area contributed by atoms with Crippen molar-refractivity contribution in [3.8, 4) is 0 Å². The molecule has 17 heavy (non-hydrogen) atoms. The third-order valence-corrected chi connectivity index (χ3v) is 5.60. The monoisotopic (exact) mass is 267 g/mol. The van der Waals surface area contributed by atoms with E-state index in [1.54, 1.807) is 21.3 Å². The van der Waals surface area contributed by atoms with Gasteiger partial charge in [-0.3, -0.25) is 0 Å². The molecule has 0 spiro atoms. The largest absolute Gasteiger partial charge is 0.500 e. The highest BCUT2D eigenvalue weighted by molar-refractivity contribution is 6.60. The molecule has 104 valence electrons. The molecule has 0 saturated heterocycles. The molecule has 0 aromatic carbocycles. The lowest BCUT2D eigenvalue weighted by atomic mass is 10.1. The van der Waals surface area contributed by atoms with Crippen molar-refractivity contribution >= 4 is 8.80 Å². The minimum absolute atomic E-state index is 0.171. The Balaban J connectivity index is 3.88. The van der Waals surface area contributed by atoms with Gasteiger partial charge in [-0.15, -0.1) is 0 Å². The summed E-state index contributed by atoms with van der Waals surface area (Å²) in [6.45, 7) is 0.171. The SMILES string of the molecule is CO[Si](CCCC(O)CC(O)CN)(OC)OC. The highest BCUT2D eigenvalue weighted by Crippen LogP contribution is 2.18. The lowest BCUT2D eigenvalue weighted by Gasteiger charge is -2.24. The Morgan fingerprint density at radius 1 is 1.06 bits per heavy atom. The summed E-state index contributed by atoms with van der Waals surface area (Å²) in [4.78, 5) is 0. The second-order valence-electron chi connectivity index (χ2n) is 3.97. The lowest BCUT2D eigenvalue weighted by molar-refractivity contribution is 0.0772. The first-order valence-corrected chi connectivity index (χ1v) is 7.68. The van der Waals surface area contributed by atoms with Gasteiger partial charge in [0, 0.05) is 40.3 Å². The zero-order chi connectivity index (χ0) is 13.3. The van der Waals surface area contributed by atoms with Crippen LogP contribution >= 0.6 is 0 Å². The first-order chi connectivity index (χ1) is 8.03. The third-order valence-electron chi connectivity index (χ3n) is 2.77. The highest BCUT2D eigenvalue weighted by atomic mass is 28.4. The zero-order valence-electron chi connectivity index (χ0n) is 10.9. The molecular formula is C10H25NO5Si. The molecule has 0 fully saturated rings. The van der Waals surface area contributed by atoms with Crippen LogP contribution in [0.15, 0.2) is 0 Å². The van der Waals surface area contributed by atoms with E-state index in [2.05, 4.69) is 0 Å². The molecule has 2 atom stereocenters. The van der Waals surface area contributed by atoms with Crippen LogP contribution in [0.5, 0.6) is 0 Å². The fraction of sp³-hybridized carbons (Fsp3) is 1.00. The summed E-state index contributed by atoms with van der Waals surface area (Å²) in [6, 6.07) is 0.645. The minimum Gasteiger partial charge on any atom is -0.393 e. The maximum atomic E-state index is 9.64. The highest BCUT2D eigenvalue weighted by Gasteiger charge is 2.37. The molecule has 0 aliphatic carbocycles. The standard InChI is InChI=1S/C10H25NO5Si/c1-14-17(15-2,16-3)6-4-5-9(12)7-10(13)8-11/h9-10,12-13H,4-8,11H2,1-3H3. The molecule has 0 amide bonds. The zero-order valence-corrected chi connectivity index (χ0v) is 11.9. The van der Waals surface area contributed by atoms with Crippen molar-refractivity contribution < 1.29 is 23.5 Å². The van der Waals surface area contributed by atoms with Crippen LogP contribution in [-0.2, 0) is 13.3 Å². The minimum atomic E-state index is -2.53. The Bertz CT molecular complexity index is 183. The van der Waals surface area contributed by atoms with Gasteiger partial charge in [-0.2, -0.15) is 0 Å². The number of aliphatic hydroxyl groups is 2. The van der Waals surface area contributed by atoms with E-state index >= 15 is 0 Å². The van der Waals surface area contributed by atoms with Crippen LogP contribution in [0.1, 0.15) is 19.3 Å². The predicted molar refractivity (Wildman–Crippen MR) is 66.5 cm³/mol. The van der Waals surface area contributed by atoms with Crippen LogP contribution < -0.4 is 5.73 Å². The Morgan fingerprint density at radius 2 is 1.59 bits per heavy atom. The molecule has 7 heteroatoms. The number of rotatable bonds is 10. The number of nitrogens with two attached hydrogens (primary N) is 1. The van der Waals surface area contributed by atoms with Crippen LogP contribution in [0, 0.1) is 0 Å². The van der Waals surface area contributed by atoms with Crippen LogP contribution in [0.2, 0.25) is 6.04 Å². The van der Waals surface area contributed by atoms with Gasteiger partial charge in [0.2, 0.25) is 0 Å². The summed E-state index contributed by atoms with van der Waals surface area (Å²) in [5.74, 6) is 0. The second kappa shape index (κ2) is 8.98. The van der Waals surface area contributed by atoms with Crippen LogP contribution in [0.3, 0.4) is 0 Å². The average molecular weight is 267 g/mol. The van der Waals surface area contributed by atoms with Crippen molar-refractivity contribution in [2.45, 2.75) is 37.5 Å². The van der Waals surface area contributed by atoms with Crippen molar-refractivity contribution in [2.24, 2.45) is 5.73 Å². The molecule has 0 aliphatic rings. The first kappa shape index (κ1) is 17.0. The Morgan fingerprint density at radius 3 is 2.00 bits per heavy atom. The maximum Gasteiger partial charge on any atom is 0.500 e. The Labute approximate surface area is 104 Å². The molecule has 4 N–H and O–H groups in total. The van der Waals surface area contributed by atoms with E-state index in [9.17, 15) is 10.2 Å². The van der Waals surface area contributed by atoms with E-state index in [1.807, 2.05) is 0 Å². The van der Waals surface area contributed by atoms with E-state index in [-0.39, 0.29) is 6.54 Å².